The Hall–Kier alpha value is -0.930. The lowest BCUT2D eigenvalue weighted by atomic mass is 10.1. The molecule has 0 spiro atoms. The Morgan fingerprint density at radius 1 is 0.900 bits per heavy atom. The van der Waals surface area contributed by atoms with E-state index < -0.39 is 0 Å². The molecule has 0 amide bonds. The van der Waals surface area contributed by atoms with Crippen molar-refractivity contribution in [2.45, 2.75) is 0 Å². The summed E-state index contributed by atoms with van der Waals surface area (Å²) in [5.41, 5.74) is 0.312. The second kappa shape index (κ2) is 6.68. The van der Waals surface area contributed by atoms with Gasteiger partial charge < -0.3 is 4.74 Å². The molecule has 2 aromatic rings. The molecular weight excluding hydrogens is 342 g/mol. The summed E-state index contributed by atoms with van der Waals surface area (Å²) in [7, 11) is 0. The molecule has 0 atom stereocenters. The van der Waals surface area contributed by atoms with Crippen LogP contribution in [0.4, 0.5) is 0 Å². The number of halogens is 4. The molecule has 104 valence electrons. The highest BCUT2D eigenvalue weighted by Crippen LogP contribution is 2.25. The Balaban J connectivity index is 2.10. The van der Waals surface area contributed by atoms with Crippen LogP contribution in [-0.4, -0.2) is 12.4 Å². The summed E-state index contributed by atoms with van der Waals surface area (Å²) < 4.78 is 5.36. The highest BCUT2D eigenvalue weighted by Gasteiger charge is 2.12. The van der Waals surface area contributed by atoms with Gasteiger partial charge in [0.15, 0.2) is 6.61 Å². The third kappa shape index (κ3) is 4.03. The Morgan fingerprint density at radius 2 is 1.55 bits per heavy atom. The van der Waals surface area contributed by atoms with Crippen molar-refractivity contribution in [3.63, 3.8) is 0 Å². The third-order valence-electron chi connectivity index (χ3n) is 2.43. The van der Waals surface area contributed by atoms with Crippen LogP contribution in [0.3, 0.4) is 0 Å². The number of carbonyl (C=O) groups is 1. The van der Waals surface area contributed by atoms with Crippen LogP contribution in [0, 0.1) is 0 Å². The van der Waals surface area contributed by atoms with Gasteiger partial charge in [-0.15, -0.1) is 0 Å². The fourth-order valence-electron chi connectivity index (χ4n) is 1.55. The SMILES string of the molecule is O=C(COc1cc(Cl)cc(Cl)c1)c1cc(Cl)ccc1Cl. The van der Waals surface area contributed by atoms with Gasteiger partial charge in [-0.3, -0.25) is 4.79 Å². The molecule has 20 heavy (non-hydrogen) atoms. The Labute approximate surface area is 136 Å². The lowest BCUT2D eigenvalue weighted by Gasteiger charge is -2.08. The molecule has 0 heterocycles. The molecule has 0 unspecified atom stereocenters. The molecule has 0 fully saturated rings. The van der Waals surface area contributed by atoms with Gasteiger partial charge in [-0.2, -0.15) is 0 Å². The molecule has 2 aromatic carbocycles. The molecule has 2 nitrogen and oxygen atoms in total. The molecule has 0 aromatic heterocycles. The first-order valence-electron chi connectivity index (χ1n) is 5.53. The van der Waals surface area contributed by atoms with Crippen molar-refractivity contribution in [2.75, 3.05) is 6.61 Å². The van der Waals surface area contributed by atoms with Crippen molar-refractivity contribution in [1.29, 1.82) is 0 Å². The van der Waals surface area contributed by atoms with E-state index >= 15 is 0 Å². The first-order chi connectivity index (χ1) is 9.45. The minimum atomic E-state index is -0.284. The van der Waals surface area contributed by atoms with Crippen LogP contribution >= 0.6 is 46.4 Å². The van der Waals surface area contributed by atoms with Crippen LogP contribution in [-0.2, 0) is 0 Å². The van der Waals surface area contributed by atoms with E-state index in [0.29, 0.717) is 31.4 Å². The van der Waals surface area contributed by atoms with Crippen LogP contribution in [0.15, 0.2) is 36.4 Å². The third-order valence-corrected chi connectivity index (χ3v) is 3.44. The Bertz CT molecular complexity index is 635. The van der Waals surface area contributed by atoms with Crippen LogP contribution in [0.5, 0.6) is 5.75 Å². The fraction of sp³-hybridized carbons (Fsp3) is 0.0714. The van der Waals surface area contributed by atoms with Gasteiger partial charge >= 0.3 is 0 Å². The van der Waals surface area contributed by atoms with E-state index in [1.165, 1.54) is 6.07 Å². The number of benzene rings is 2. The summed E-state index contributed by atoms with van der Waals surface area (Å²) >= 11 is 23.5. The van der Waals surface area contributed by atoms with E-state index in [4.69, 9.17) is 51.1 Å². The molecule has 2 rings (SSSR count). The van der Waals surface area contributed by atoms with Crippen LogP contribution < -0.4 is 4.74 Å². The van der Waals surface area contributed by atoms with Gasteiger partial charge in [0.1, 0.15) is 5.75 Å². The van der Waals surface area contributed by atoms with Crippen molar-refractivity contribution in [3.8, 4) is 5.75 Å². The van der Waals surface area contributed by atoms with Gasteiger partial charge in [-0.25, -0.2) is 0 Å². The summed E-state index contributed by atoms with van der Waals surface area (Å²) in [5, 5.41) is 1.62. The molecule has 0 aliphatic rings. The minimum Gasteiger partial charge on any atom is -0.485 e. The predicted octanol–water partition coefficient (Wildman–Crippen LogP) is 5.56. The maximum absolute atomic E-state index is 12.0. The summed E-state index contributed by atoms with van der Waals surface area (Å²) in [6, 6.07) is 9.39. The highest BCUT2D eigenvalue weighted by molar-refractivity contribution is 6.36. The average molecular weight is 350 g/mol. The monoisotopic (exact) mass is 348 g/mol. The van der Waals surface area contributed by atoms with Crippen molar-refractivity contribution in [3.05, 3.63) is 62.1 Å². The molecule has 6 heteroatoms. The van der Waals surface area contributed by atoms with Crippen LogP contribution in [0.2, 0.25) is 20.1 Å². The molecule has 0 bridgehead atoms. The maximum Gasteiger partial charge on any atom is 0.201 e. The van der Waals surface area contributed by atoms with Gasteiger partial charge in [-0.05, 0) is 36.4 Å². The van der Waals surface area contributed by atoms with Gasteiger partial charge in [0.05, 0.1) is 5.02 Å². The van der Waals surface area contributed by atoms with Gasteiger partial charge in [0.2, 0.25) is 5.78 Å². The molecular formula is C14H8Cl4O2. The average Bonchev–Trinajstić information content (AvgIpc) is 2.38. The summed E-state index contributed by atoms with van der Waals surface area (Å²) in [6.07, 6.45) is 0. The number of hydrogen-bond acceptors (Lipinski definition) is 2. The van der Waals surface area contributed by atoms with E-state index in [-0.39, 0.29) is 12.4 Å². The first kappa shape index (κ1) is 15.5. The maximum atomic E-state index is 12.0. The molecule has 0 radical (unpaired) electrons. The quantitative estimate of drug-likeness (QED) is 0.675. The molecule has 0 aliphatic carbocycles. The predicted molar refractivity (Wildman–Crippen MR) is 82.7 cm³/mol. The smallest absolute Gasteiger partial charge is 0.201 e. The largest absolute Gasteiger partial charge is 0.485 e. The Kier molecular flexibility index (Phi) is 5.17. The number of hydrogen-bond donors (Lipinski definition) is 0. The second-order valence-electron chi connectivity index (χ2n) is 3.94. The summed E-state index contributed by atoms with van der Waals surface area (Å²) in [4.78, 5) is 12.0. The number of ketones is 1. The normalized spacial score (nSPS) is 10.4. The zero-order valence-electron chi connectivity index (χ0n) is 10.00. The molecule has 0 saturated heterocycles. The van der Waals surface area contributed by atoms with Crippen LogP contribution in [0.1, 0.15) is 10.4 Å². The zero-order chi connectivity index (χ0) is 14.7. The molecule has 0 aliphatic heterocycles. The van der Waals surface area contributed by atoms with Crippen molar-refractivity contribution in [1.82, 2.24) is 0 Å². The first-order valence-corrected chi connectivity index (χ1v) is 7.04. The van der Waals surface area contributed by atoms with Gasteiger partial charge in [-0.1, -0.05) is 46.4 Å². The lowest BCUT2D eigenvalue weighted by molar-refractivity contribution is 0.0921. The topological polar surface area (TPSA) is 26.3 Å². The number of carbonyl (C=O) groups excluding carboxylic acids is 1. The number of ether oxygens (including phenoxy) is 1. The molecule has 0 saturated carbocycles. The lowest BCUT2D eigenvalue weighted by Crippen LogP contribution is -2.12. The molecule has 0 N–H and O–H groups in total. The van der Waals surface area contributed by atoms with E-state index in [2.05, 4.69) is 0 Å². The Morgan fingerprint density at radius 3 is 2.20 bits per heavy atom. The van der Waals surface area contributed by atoms with E-state index in [1.807, 2.05) is 0 Å². The van der Waals surface area contributed by atoms with Crippen molar-refractivity contribution >= 4 is 52.2 Å². The minimum absolute atomic E-state index is 0.184. The second-order valence-corrected chi connectivity index (χ2v) is 5.66. The van der Waals surface area contributed by atoms with E-state index in [1.54, 1.807) is 30.3 Å². The van der Waals surface area contributed by atoms with Gasteiger partial charge in [0.25, 0.3) is 0 Å². The van der Waals surface area contributed by atoms with Gasteiger partial charge in [0, 0.05) is 20.6 Å². The van der Waals surface area contributed by atoms with E-state index in [0.717, 1.165) is 0 Å². The zero-order valence-corrected chi connectivity index (χ0v) is 13.0. The fourth-order valence-corrected chi connectivity index (χ4v) is 2.45. The summed E-state index contributed by atoms with van der Waals surface area (Å²) in [5.74, 6) is 0.127. The van der Waals surface area contributed by atoms with Crippen molar-refractivity contribution < 1.29 is 9.53 Å². The standard InChI is InChI=1S/C14H8Cl4O2/c15-8-1-2-13(18)12(6-8)14(19)7-20-11-4-9(16)3-10(17)5-11/h1-6H,7H2. The highest BCUT2D eigenvalue weighted by atomic mass is 35.5. The van der Waals surface area contributed by atoms with Crippen molar-refractivity contribution in [2.24, 2.45) is 0 Å². The van der Waals surface area contributed by atoms with E-state index in [9.17, 15) is 4.79 Å². The summed E-state index contributed by atoms with van der Waals surface area (Å²) in [6.45, 7) is -0.184. The number of Topliss-reactive ketones (excluding diaryl/α,β-unsaturated/α-hetero) is 1. The van der Waals surface area contributed by atoms with Crippen LogP contribution in [0.25, 0.3) is 0 Å². The number of rotatable bonds is 4.